The lowest BCUT2D eigenvalue weighted by atomic mass is 9.94. The lowest BCUT2D eigenvalue weighted by Gasteiger charge is -2.23. The fraction of sp³-hybridized carbons (Fsp3) is 0.286. The van der Waals surface area contributed by atoms with E-state index in [0.717, 1.165) is 12.1 Å². The SMILES string of the molecule is COCC[C@H]1CNC(=O)c2c1[nH]c(-c1ccncn1)c2Nc1cccc(Cl)c1OC. The third kappa shape index (κ3) is 3.71. The lowest BCUT2D eigenvalue weighted by molar-refractivity contribution is 0.0935. The lowest BCUT2D eigenvalue weighted by Crippen LogP contribution is -2.35. The Morgan fingerprint density at radius 3 is 2.90 bits per heavy atom. The standard InChI is InChI=1S/C21H22ClN5O3/c1-29-9-7-12-10-24-21(28)16-17(12)27-18(14-6-8-23-11-25-14)19(16)26-15-5-3-4-13(22)20(15)30-2/h3-6,8,11-12,26-27H,7,9-10H2,1-2H3,(H,24,28)/t12-/m0/s1. The van der Waals surface area contributed by atoms with Crippen LogP contribution in [-0.4, -0.2) is 48.2 Å². The molecule has 0 aliphatic carbocycles. The predicted octanol–water partition coefficient (Wildman–Crippen LogP) is 3.74. The highest BCUT2D eigenvalue weighted by molar-refractivity contribution is 6.32. The topological polar surface area (TPSA) is 101 Å². The van der Waals surface area contributed by atoms with E-state index in [9.17, 15) is 4.79 Å². The second-order valence-corrected chi connectivity index (χ2v) is 7.30. The summed E-state index contributed by atoms with van der Waals surface area (Å²) >= 11 is 6.29. The predicted molar refractivity (Wildman–Crippen MR) is 115 cm³/mol. The molecule has 0 saturated heterocycles. The Kier molecular flexibility index (Phi) is 5.87. The summed E-state index contributed by atoms with van der Waals surface area (Å²) in [6.07, 6.45) is 3.91. The number of nitrogens with one attached hydrogen (secondary N) is 3. The van der Waals surface area contributed by atoms with Gasteiger partial charge in [-0.05, 0) is 24.6 Å². The van der Waals surface area contributed by atoms with Gasteiger partial charge in [0.25, 0.3) is 5.91 Å². The molecular formula is C21H22ClN5O3. The van der Waals surface area contributed by atoms with Gasteiger partial charge in [-0.1, -0.05) is 17.7 Å². The molecule has 0 saturated carbocycles. The van der Waals surface area contributed by atoms with Crippen LogP contribution >= 0.6 is 11.6 Å². The molecule has 30 heavy (non-hydrogen) atoms. The number of halogens is 1. The van der Waals surface area contributed by atoms with E-state index >= 15 is 0 Å². The second kappa shape index (κ2) is 8.73. The van der Waals surface area contributed by atoms with Gasteiger partial charge in [0, 0.05) is 38.1 Å². The second-order valence-electron chi connectivity index (χ2n) is 6.89. The van der Waals surface area contributed by atoms with Crippen LogP contribution in [0.25, 0.3) is 11.4 Å². The first-order valence-electron chi connectivity index (χ1n) is 9.53. The summed E-state index contributed by atoms with van der Waals surface area (Å²) in [5.74, 6) is 0.434. The molecular weight excluding hydrogens is 406 g/mol. The van der Waals surface area contributed by atoms with E-state index in [1.165, 1.54) is 6.33 Å². The molecule has 1 atom stereocenters. The molecule has 3 N–H and O–H groups in total. The average Bonchev–Trinajstić information content (AvgIpc) is 3.14. The molecule has 8 nitrogen and oxygen atoms in total. The van der Waals surface area contributed by atoms with Crippen LogP contribution in [0.2, 0.25) is 5.02 Å². The van der Waals surface area contributed by atoms with Crippen molar-refractivity contribution in [1.82, 2.24) is 20.3 Å². The maximum absolute atomic E-state index is 12.9. The number of carbonyl (C=O) groups is 1. The maximum Gasteiger partial charge on any atom is 0.255 e. The van der Waals surface area contributed by atoms with Gasteiger partial charge >= 0.3 is 0 Å². The third-order valence-electron chi connectivity index (χ3n) is 5.11. The molecule has 1 amide bonds. The number of methoxy groups -OCH3 is 2. The summed E-state index contributed by atoms with van der Waals surface area (Å²) in [5.41, 5.74) is 4.04. The molecule has 0 spiro atoms. The molecule has 3 aromatic rings. The van der Waals surface area contributed by atoms with Gasteiger partial charge in [0.15, 0.2) is 5.75 Å². The first-order valence-corrected chi connectivity index (χ1v) is 9.90. The Balaban J connectivity index is 1.87. The summed E-state index contributed by atoms with van der Waals surface area (Å²) in [5, 5.41) is 6.81. The highest BCUT2D eigenvalue weighted by atomic mass is 35.5. The fourth-order valence-corrected chi connectivity index (χ4v) is 3.93. The Morgan fingerprint density at radius 1 is 1.30 bits per heavy atom. The minimum Gasteiger partial charge on any atom is -0.493 e. The normalized spacial score (nSPS) is 15.4. The largest absolute Gasteiger partial charge is 0.493 e. The molecule has 3 heterocycles. The van der Waals surface area contributed by atoms with Gasteiger partial charge < -0.3 is 25.1 Å². The van der Waals surface area contributed by atoms with Crippen molar-refractivity contribution >= 4 is 28.9 Å². The van der Waals surface area contributed by atoms with E-state index in [1.54, 1.807) is 32.5 Å². The quantitative estimate of drug-likeness (QED) is 0.531. The van der Waals surface area contributed by atoms with Gasteiger partial charge in [-0.25, -0.2) is 9.97 Å². The van der Waals surface area contributed by atoms with Crippen molar-refractivity contribution in [2.75, 3.05) is 32.7 Å². The number of hydrogen-bond donors (Lipinski definition) is 3. The number of H-pyrrole nitrogens is 1. The molecule has 0 bridgehead atoms. The number of fused-ring (bicyclic) bond motifs is 1. The number of aromatic nitrogens is 3. The van der Waals surface area contributed by atoms with Gasteiger partial charge in [-0.3, -0.25) is 4.79 Å². The Morgan fingerprint density at radius 2 is 2.17 bits per heavy atom. The molecule has 2 aromatic heterocycles. The average molecular weight is 428 g/mol. The molecule has 1 aliphatic rings. The zero-order valence-electron chi connectivity index (χ0n) is 16.7. The van der Waals surface area contributed by atoms with E-state index in [4.69, 9.17) is 21.1 Å². The van der Waals surface area contributed by atoms with Crippen LogP contribution in [0.3, 0.4) is 0 Å². The van der Waals surface area contributed by atoms with E-state index in [1.807, 2.05) is 12.1 Å². The van der Waals surface area contributed by atoms with Crippen LogP contribution in [0.5, 0.6) is 5.75 Å². The number of carbonyl (C=O) groups excluding carboxylic acids is 1. The first kappa shape index (κ1) is 20.2. The van der Waals surface area contributed by atoms with E-state index in [2.05, 4.69) is 25.6 Å². The molecule has 1 aliphatic heterocycles. The number of rotatable bonds is 7. The first-order chi connectivity index (χ1) is 14.6. The summed E-state index contributed by atoms with van der Waals surface area (Å²) in [6.45, 7) is 1.13. The Bertz CT molecular complexity index is 1050. The molecule has 0 fully saturated rings. The number of aromatic amines is 1. The van der Waals surface area contributed by atoms with Crippen molar-refractivity contribution in [3.63, 3.8) is 0 Å². The maximum atomic E-state index is 12.9. The van der Waals surface area contributed by atoms with E-state index in [-0.39, 0.29) is 11.8 Å². The summed E-state index contributed by atoms with van der Waals surface area (Å²) in [6, 6.07) is 7.20. The van der Waals surface area contributed by atoms with Gasteiger partial charge in [0.05, 0.1) is 40.5 Å². The Hall–Kier alpha value is -3.10. The number of ether oxygens (including phenoxy) is 2. The number of amides is 1. The third-order valence-corrected chi connectivity index (χ3v) is 5.41. The summed E-state index contributed by atoms with van der Waals surface area (Å²) in [4.78, 5) is 24.7. The van der Waals surface area contributed by atoms with Gasteiger partial charge in [0.1, 0.15) is 6.33 Å². The minimum absolute atomic E-state index is 0.0926. The molecule has 156 valence electrons. The van der Waals surface area contributed by atoms with Crippen molar-refractivity contribution in [1.29, 1.82) is 0 Å². The smallest absolute Gasteiger partial charge is 0.255 e. The van der Waals surface area contributed by atoms with Crippen molar-refractivity contribution < 1.29 is 14.3 Å². The van der Waals surface area contributed by atoms with Crippen LogP contribution in [0, 0.1) is 0 Å². The number of hydrogen-bond acceptors (Lipinski definition) is 6. The molecule has 0 unspecified atom stereocenters. The fourth-order valence-electron chi connectivity index (χ4n) is 3.68. The monoisotopic (exact) mass is 427 g/mol. The van der Waals surface area contributed by atoms with Crippen LogP contribution in [-0.2, 0) is 4.74 Å². The van der Waals surface area contributed by atoms with Gasteiger partial charge in [0.2, 0.25) is 0 Å². The van der Waals surface area contributed by atoms with Crippen molar-refractivity contribution in [3.05, 3.63) is 53.1 Å². The highest BCUT2D eigenvalue weighted by Crippen LogP contribution is 2.42. The van der Waals surface area contributed by atoms with Gasteiger partial charge in [-0.15, -0.1) is 0 Å². The highest BCUT2D eigenvalue weighted by Gasteiger charge is 2.33. The number of anilines is 2. The van der Waals surface area contributed by atoms with Crippen LogP contribution < -0.4 is 15.4 Å². The number of nitrogens with zero attached hydrogens (tertiary/aromatic N) is 2. The van der Waals surface area contributed by atoms with E-state index < -0.39 is 0 Å². The number of benzene rings is 1. The molecule has 0 radical (unpaired) electrons. The van der Waals surface area contributed by atoms with Crippen LogP contribution in [0.1, 0.15) is 28.4 Å². The van der Waals surface area contributed by atoms with Crippen molar-refractivity contribution in [2.24, 2.45) is 0 Å². The molecule has 1 aromatic carbocycles. The summed E-state index contributed by atoms with van der Waals surface area (Å²) in [7, 11) is 3.22. The molecule has 9 heteroatoms. The number of para-hydroxylation sites is 1. The van der Waals surface area contributed by atoms with Crippen molar-refractivity contribution in [3.8, 4) is 17.1 Å². The molecule has 4 rings (SSSR count). The Labute approximate surface area is 179 Å². The minimum atomic E-state index is -0.154. The summed E-state index contributed by atoms with van der Waals surface area (Å²) < 4.78 is 10.7. The zero-order chi connectivity index (χ0) is 21.1. The van der Waals surface area contributed by atoms with Crippen LogP contribution in [0.4, 0.5) is 11.4 Å². The van der Waals surface area contributed by atoms with Crippen molar-refractivity contribution in [2.45, 2.75) is 12.3 Å². The zero-order valence-corrected chi connectivity index (χ0v) is 17.4. The van der Waals surface area contributed by atoms with Crippen LogP contribution in [0.15, 0.2) is 36.8 Å². The van der Waals surface area contributed by atoms with E-state index in [0.29, 0.717) is 52.2 Å². The van der Waals surface area contributed by atoms with Gasteiger partial charge in [-0.2, -0.15) is 0 Å².